The van der Waals surface area contributed by atoms with E-state index >= 15 is 0 Å². The zero-order valence-corrected chi connectivity index (χ0v) is 8.62. The Morgan fingerprint density at radius 1 is 1.27 bits per heavy atom. The number of hydrogen-bond acceptors (Lipinski definition) is 3. The average Bonchev–Trinajstić information content (AvgIpc) is 2.67. The molecule has 6 heteroatoms. The first-order chi connectivity index (χ1) is 6.81. The van der Waals surface area contributed by atoms with E-state index in [1.165, 1.54) is 12.1 Å². The minimum Gasteiger partial charge on any atom is -0.324 e. The molecule has 1 heterocycles. The third-order valence-corrected chi connectivity index (χ3v) is 1.91. The van der Waals surface area contributed by atoms with E-state index < -0.39 is 0 Å². The molecule has 1 aromatic carbocycles. The number of nitrogens with two attached hydrogens (primary N) is 1. The Morgan fingerprint density at radius 3 is 2.53 bits per heavy atom. The van der Waals surface area contributed by atoms with E-state index in [9.17, 15) is 4.39 Å². The van der Waals surface area contributed by atoms with Crippen LogP contribution in [0.1, 0.15) is 5.82 Å². The van der Waals surface area contributed by atoms with E-state index in [2.05, 4.69) is 10.2 Å². The van der Waals surface area contributed by atoms with Crippen molar-refractivity contribution in [2.75, 3.05) is 0 Å². The molecule has 0 aliphatic heterocycles. The molecule has 15 heavy (non-hydrogen) atoms. The number of hydrogen-bond donors (Lipinski definition) is 1. The third kappa shape index (κ3) is 2.31. The Hall–Kier alpha value is -1.46. The van der Waals surface area contributed by atoms with Crippen molar-refractivity contribution in [2.45, 2.75) is 6.54 Å². The van der Waals surface area contributed by atoms with Crippen molar-refractivity contribution in [3.63, 3.8) is 0 Å². The number of benzene rings is 1. The van der Waals surface area contributed by atoms with E-state index in [1.54, 1.807) is 23.0 Å². The van der Waals surface area contributed by atoms with Crippen LogP contribution < -0.4 is 5.73 Å². The smallest absolute Gasteiger partial charge is 0.151 e. The van der Waals surface area contributed by atoms with Crippen LogP contribution in [-0.2, 0) is 6.54 Å². The average molecular weight is 229 g/mol. The number of halogens is 2. The lowest BCUT2D eigenvalue weighted by molar-refractivity contribution is 0.627. The molecular weight excluding hydrogens is 219 g/mol. The minimum absolute atomic E-state index is 0. The molecule has 1 aromatic heterocycles. The molecule has 2 aromatic rings. The van der Waals surface area contributed by atoms with Gasteiger partial charge in [-0.2, -0.15) is 0 Å². The Balaban J connectivity index is 0.00000112. The molecule has 0 saturated carbocycles. The second kappa shape index (κ2) is 4.86. The summed E-state index contributed by atoms with van der Waals surface area (Å²) in [4.78, 5) is 0. The molecule has 0 amide bonds. The Labute approximate surface area is 92.3 Å². The molecule has 80 valence electrons. The fourth-order valence-corrected chi connectivity index (χ4v) is 1.22. The van der Waals surface area contributed by atoms with Crippen molar-refractivity contribution in [3.05, 3.63) is 42.2 Å². The van der Waals surface area contributed by atoms with E-state index in [0.29, 0.717) is 12.4 Å². The number of rotatable bonds is 2. The molecule has 0 saturated heterocycles. The van der Waals surface area contributed by atoms with E-state index in [-0.39, 0.29) is 18.2 Å². The van der Waals surface area contributed by atoms with Crippen LogP contribution in [0.4, 0.5) is 4.39 Å². The van der Waals surface area contributed by atoms with Crippen LogP contribution in [0.25, 0.3) is 5.69 Å². The highest BCUT2D eigenvalue weighted by Crippen LogP contribution is 2.09. The van der Waals surface area contributed by atoms with Gasteiger partial charge >= 0.3 is 0 Å². The molecule has 0 atom stereocenters. The number of nitrogens with zero attached hydrogens (tertiary/aromatic N) is 3. The first kappa shape index (κ1) is 11.6. The van der Waals surface area contributed by atoms with Gasteiger partial charge < -0.3 is 5.73 Å². The van der Waals surface area contributed by atoms with Crippen LogP contribution in [0.3, 0.4) is 0 Å². The molecule has 0 unspecified atom stereocenters. The van der Waals surface area contributed by atoms with Gasteiger partial charge in [-0.15, -0.1) is 22.6 Å². The normalized spacial score (nSPS) is 9.73. The summed E-state index contributed by atoms with van der Waals surface area (Å²) in [5.41, 5.74) is 6.27. The molecule has 0 spiro atoms. The highest BCUT2D eigenvalue weighted by molar-refractivity contribution is 5.85. The van der Waals surface area contributed by atoms with Gasteiger partial charge in [-0.3, -0.25) is 4.57 Å². The molecule has 2 N–H and O–H groups in total. The monoisotopic (exact) mass is 228 g/mol. The van der Waals surface area contributed by atoms with Crippen molar-refractivity contribution in [1.82, 2.24) is 14.8 Å². The fourth-order valence-electron chi connectivity index (χ4n) is 1.22. The molecule has 0 aliphatic carbocycles. The topological polar surface area (TPSA) is 56.7 Å². The summed E-state index contributed by atoms with van der Waals surface area (Å²) < 4.78 is 14.4. The second-order valence-electron chi connectivity index (χ2n) is 2.80. The molecule has 0 fully saturated rings. The van der Waals surface area contributed by atoms with Gasteiger partial charge in [0.15, 0.2) is 5.82 Å². The SMILES string of the molecule is Cl.NCc1nncn1-c1ccc(F)cc1. The summed E-state index contributed by atoms with van der Waals surface area (Å²) in [5.74, 6) is 0.382. The highest BCUT2D eigenvalue weighted by atomic mass is 35.5. The maximum absolute atomic E-state index is 12.6. The van der Waals surface area contributed by atoms with Gasteiger partial charge in [-0.1, -0.05) is 0 Å². The predicted molar refractivity (Wildman–Crippen MR) is 56.5 cm³/mol. The maximum Gasteiger partial charge on any atom is 0.151 e. The van der Waals surface area contributed by atoms with Gasteiger partial charge in [0.25, 0.3) is 0 Å². The highest BCUT2D eigenvalue weighted by Gasteiger charge is 2.03. The zero-order valence-electron chi connectivity index (χ0n) is 7.80. The van der Waals surface area contributed by atoms with Gasteiger partial charge in [0.1, 0.15) is 12.1 Å². The summed E-state index contributed by atoms with van der Waals surface area (Å²) >= 11 is 0. The molecule has 4 nitrogen and oxygen atoms in total. The van der Waals surface area contributed by atoms with E-state index in [0.717, 1.165) is 5.69 Å². The van der Waals surface area contributed by atoms with Crippen molar-refractivity contribution in [3.8, 4) is 5.69 Å². The fraction of sp³-hybridized carbons (Fsp3) is 0.111. The molecular formula is C9H10ClFN4. The Kier molecular flexibility index (Phi) is 3.76. The van der Waals surface area contributed by atoms with Crippen molar-refractivity contribution in [2.24, 2.45) is 5.73 Å². The quantitative estimate of drug-likeness (QED) is 0.843. The van der Waals surface area contributed by atoms with Crippen LogP contribution >= 0.6 is 12.4 Å². The third-order valence-electron chi connectivity index (χ3n) is 1.91. The lowest BCUT2D eigenvalue weighted by Crippen LogP contribution is -2.06. The van der Waals surface area contributed by atoms with Gasteiger partial charge in [0, 0.05) is 5.69 Å². The van der Waals surface area contributed by atoms with E-state index in [4.69, 9.17) is 5.73 Å². The van der Waals surface area contributed by atoms with Crippen LogP contribution in [0, 0.1) is 5.82 Å². The lowest BCUT2D eigenvalue weighted by Gasteiger charge is -2.03. The molecule has 0 radical (unpaired) electrons. The van der Waals surface area contributed by atoms with Gasteiger partial charge in [-0.25, -0.2) is 4.39 Å². The maximum atomic E-state index is 12.6. The molecule has 2 rings (SSSR count). The van der Waals surface area contributed by atoms with Gasteiger partial charge in [-0.05, 0) is 24.3 Å². The number of aromatic nitrogens is 3. The summed E-state index contributed by atoms with van der Waals surface area (Å²) in [6.07, 6.45) is 1.55. The minimum atomic E-state index is -0.267. The Morgan fingerprint density at radius 2 is 1.93 bits per heavy atom. The van der Waals surface area contributed by atoms with Crippen molar-refractivity contribution in [1.29, 1.82) is 0 Å². The second-order valence-corrected chi connectivity index (χ2v) is 2.80. The van der Waals surface area contributed by atoms with Gasteiger partial charge in [0.05, 0.1) is 6.54 Å². The van der Waals surface area contributed by atoms with Crippen LogP contribution in [0.2, 0.25) is 0 Å². The first-order valence-electron chi connectivity index (χ1n) is 4.16. The standard InChI is InChI=1S/C9H9FN4.ClH/c10-7-1-3-8(4-2-7)14-6-12-13-9(14)5-11;/h1-4,6H,5,11H2;1H. The van der Waals surface area contributed by atoms with Gasteiger partial charge in [0.2, 0.25) is 0 Å². The largest absolute Gasteiger partial charge is 0.324 e. The van der Waals surface area contributed by atoms with Crippen molar-refractivity contribution < 1.29 is 4.39 Å². The summed E-state index contributed by atoms with van der Waals surface area (Å²) in [7, 11) is 0. The summed E-state index contributed by atoms with van der Waals surface area (Å²) in [5, 5.41) is 7.56. The zero-order chi connectivity index (χ0) is 9.97. The first-order valence-corrected chi connectivity index (χ1v) is 4.16. The Bertz CT molecular complexity index is 426. The van der Waals surface area contributed by atoms with Crippen LogP contribution in [0.15, 0.2) is 30.6 Å². The summed E-state index contributed by atoms with van der Waals surface area (Å²) in [6, 6.07) is 6.07. The molecule has 0 aliphatic rings. The van der Waals surface area contributed by atoms with E-state index in [1.807, 2.05) is 0 Å². The predicted octanol–water partition coefficient (Wildman–Crippen LogP) is 1.29. The van der Waals surface area contributed by atoms with Crippen molar-refractivity contribution >= 4 is 12.4 Å². The lowest BCUT2D eigenvalue weighted by atomic mass is 10.3. The summed E-state index contributed by atoms with van der Waals surface area (Å²) in [6.45, 7) is 0.303. The van der Waals surface area contributed by atoms with Crippen LogP contribution in [-0.4, -0.2) is 14.8 Å². The molecule has 0 bridgehead atoms. The van der Waals surface area contributed by atoms with Crippen LogP contribution in [0.5, 0.6) is 0 Å².